The molecular weight excluding hydrogens is 253 g/mol. The van der Waals surface area contributed by atoms with Gasteiger partial charge in [-0.1, -0.05) is 6.07 Å². The Morgan fingerprint density at radius 2 is 2.00 bits per heavy atom. The highest BCUT2D eigenvalue weighted by atomic mass is 19.1. The summed E-state index contributed by atoms with van der Waals surface area (Å²) in [5.41, 5.74) is 6.76. The number of aromatic nitrogens is 2. The summed E-state index contributed by atoms with van der Waals surface area (Å²) in [5.74, 6) is 0.831. The fourth-order valence-electron chi connectivity index (χ4n) is 2.33. The number of aryl methyl sites for hydroxylation is 2. The van der Waals surface area contributed by atoms with Gasteiger partial charge >= 0.3 is 0 Å². The highest BCUT2D eigenvalue weighted by Crippen LogP contribution is 2.18. The first-order valence-electron chi connectivity index (χ1n) is 6.94. The summed E-state index contributed by atoms with van der Waals surface area (Å²) in [7, 11) is 0. The van der Waals surface area contributed by atoms with E-state index in [0.29, 0.717) is 17.7 Å². The van der Waals surface area contributed by atoms with Gasteiger partial charge < -0.3 is 10.3 Å². The normalized spacial score (nSPS) is 11.8. The minimum absolute atomic E-state index is 0.0261. The number of halogens is 1. The van der Waals surface area contributed by atoms with Crippen molar-refractivity contribution in [2.24, 2.45) is 0 Å². The maximum absolute atomic E-state index is 13.7. The second-order valence-electron chi connectivity index (χ2n) is 6.09. The van der Waals surface area contributed by atoms with E-state index in [9.17, 15) is 4.39 Å². The van der Waals surface area contributed by atoms with Crippen LogP contribution in [0.5, 0.6) is 0 Å². The van der Waals surface area contributed by atoms with Crippen LogP contribution < -0.4 is 5.73 Å². The predicted molar refractivity (Wildman–Crippen MR) is 80.1 cm³/mol. The van der Waals surface area contributed by atoms with Gasteiger partial charge in [-0.05, 0) is 51.3 Å². The van der Waals surface area contributed by atoms with Crippen LogP contribution in [-0.4, -0.2) is 9.55 Å². The van der Waals surface area contributed by atoms with Crippen molar-refractivity contribution in [2.45, 2.75) is 45.6 Å². The Morgan fingerprint density at radius 1 is 1.25 bits per heavy atom. The van der Waals surface area contributed by atoms with Crippen LogP contribution in [0, 0.1) is 5.82 Å². The van der Waals surface area contributed by atoms with Gasteiger partial charge in [-0.2, -0.15) is 0 Å². The van der Waals surface area contributed by atoms with Crippen LogP contribution in [-0.2, 0) is 18.4 Å². The number of rotatable bonds is 4. The molecule has 0 saturated heterocycles. The number of nitrogens with two attached hydrogens (primary N) is 1. The summed E-state index contributed by atoms with van der Waals surface area (Å²) in [6, 6.07) is 4.89. The molecule has 0 atom stereocenters. The average molecular weight is 275 g/mol. The van der Waals surface area contributed by atoms with E-state index in [1.54, 1.807) is 12.1 Å². The van der Waals surface area contributed by atoms with Gasteiger partial charge in [0.1, 0.15) is 11.6 Å². The molecule has 2 aromatic rings. The molecule has 0 radical (unpaired) electrons. The maximum atomic E-state index is 13.7. The Balaban J connectivity index is 1.98. The molecule has 20 heavy (non-hydrogen) atoms. The van der Waals surface area contributed by atoms with Crippen molar-refractivity contribution in [3.8, 4) is 0 Å². The molecule has 0 aliphatic rings. The zero-order valence-corrected chi connectivity index (χ0v) is 12.4. The number of anilines is 1. The second-order valence-corrected chi connectivity index (χ2v) is 6.09. The zero-order valence-electron chi connectivity index (χ0n) is 12.4. The monoisotopic (exact) mass is 275 g/mol. The van der Waals surface area contributed by atoms with Crippen molar-refractivity contribution in [2.75, 3.05) is 5.73 Å². The third-order valence-electron chi connectivity index (χ3n) is 3.36. The number of hydrogen-bond donors (Lipinski definition) is 1. The van der Waals surface area contributed by atoms with Crippen molar-refractivity contribution < 1.29 is 4.39 Å². The number of imidazole rings is 1. The van der Waals surface area contributed by atoms with E-state index in [1.807, 2.05) is 12.4 Å². The lowest BCUT2D eigenvalue weighted by Gasteiger charge is -2.23. The molecule has 108 valence electrons. The molecule has 0 amide bonds. The number of hydrogen-bond acceptors (Lipinski definition) is 2. The highest BCUT2D eigenvalue weighted by Gasteiger charge is 2.16. The Bertz CT molecular complexity index is 582. The molecule has 3 nitrogen and oxygen atoms in total. The van der Waals surface area contributed by atoms with Crippen molar-refractivity contribution in [3.63, 3.8) is 0 Å². The predicted octanol–water partition coefficient (Wildman–Crippen LogP) is 3.53. The topological polar surface area (TPSA) is 43.8 Å². The molecule has 1 heterocycles. The van der Waals surface area contributed by atoms with E-state index in [2.05, 4.69) is 30.3 Å². The molecular formula is C16H22FN3. The number of nitrogens with zero attached hydrogens (tertiary/aromatic N) is 2. The fourth-order valence-corrected chi connectivity index (χ4v) is 2.33. The van der Waals surface area contributed by atoms with E-state index >= 15 is 0 Å². The molecule has 0 aliphatic carbocycles. The summed E-state index contributed by atoms with van der Waals surface area (Å²) in [4.78, 5) is 4.40. The third kappa shape index (κ3) is 3.38. The van der Waals surface area contributed by atoms with Crippen molar-refractivity contribution in [1.29, 1.82) is 0 Å². The summed E-state index contributed by atoms with van der Waals surface area (Å²) < 4.78 is 15.9. The lowest BCUT2D eigenvalue weighted by Crippen LogP contribution is -2.23. The Hall–Kier alpha value is -1.84. The highest BCUT2D eigenvalue weighted by molar-refractivity contribution is 5.40. The molecule has 0 spiro atoms. The maximum Gasteiger partial charge on any atom is 0.128 e. The smallest absolute Gasteiger partial charge is 0.128 e. The SMILES string of the molecule is CC(C)(C)n1ccnc1CCCc1ccc(N)cc1F. The first kappa shape index (κ1) is 14.6. The summed E-state index contributed by atoms with van der Waals surface area (Å²) in [5, 5.41) is 0. The Kier molecular flexibility index (Phi) is 4.12. The Morgan fingerprint density at radius 3 is 2.65 bits per heavy atom. The van der Waals surface area contributed by atoms with Gasteiger partial charge in [-0.25, -0.2) is 9.37 Å². The van der Waals surface area contributed by atoms with E-state index in [1.165, 1.54) is 6.07 Å². The van der Waals surface area contributed by atoms with E-state index in [4.69, 9.17) is 5.73 Å². The van der Waals surface area contributed by atoms with Gasteiger partial charge in [-0.3, -0.25) is 0 Å². The van der Waals surface area contributed by atoms with Crippen LogP contribution in [0.15, 0.2) is 30.6 Å². The summed E-state index contributed by atoms with van der Waals surface area (Å²) in [6.45, 7) is 6.45. The minimum atomic E-state index is -0.218. The van der Waals surface area contributed by atoms with Crippen LogP contribution in [0.1, 0.15) is 38.6 Å². The fraction of sp³-hybridized carbons (Fsp3) is 0.438. The number of benzene rings is 1. The largest absolute Gasteiger partial charge is 0.399 e. The average Bonchev–Trinajstić information content (AvgIpc) is 2.80. The van der Waals surface area contributed by atoms with Crippen LogP contribution in [0.2, 0.25) is 0 Å². The third-order valence-corrected chi connectivity index (χ3v) is 3.36. The van der Waals surface area contributed by atoms with E-state index in [-0.39, 0.29) is 11.4 Å². The molecule has 0 bridgehead atoms. The van der Waals surface area contributed by atoms with Crippen LogP contribution in [0.3, 0.4) is 0 Å². The molecule has 2 N–H and O–H groups in total. The van der Waals surface area contributed by atoms with Gasteiger partial charge in [-0.15, -0.1) is 0 Å². The molecule has 4 heteroatoms. The first-order valence-corrected chi connectivity index (χ1v) is 6.94. The standard InChI is InChI=1S/C16H22FN3/c1-16(2,3)20-10-9-19-15(20)6-4-5-12-7-8-13(18)11-14(12)17/h7-11H,4-6,18H2,1-3H3. The van der Waals surface area contributed by atoms with Crippen molar-refractivity contribution in [3.05, 3.63) is 47.8 Å². The molecule has 0 fully saturated rings. The van der Waals surface area contributed by atoms with Crippen LogP contribution in [0.4, 0.5) is 10.1 Å². The Labute approximate surface area is 119 Å². The molecule has 0 aliphatic heterocycles. The van der Waals surface area contributed by atoms with Crippen LogP contribution in [0.25, 0.3) is 0 Å². The van der Waals surface area contributed by atoms with E-state index in [0.717, 1.165) is 18.7 Å². The molecule has 0 unspecified atom stereocenters. The van der Waals surface area contributed by atoms with Gasteiger partial charge in [0.15, 0.2) is 0 Å². The molecule has 1 aromatic carbocycles. The van der Waals surface area contributed by atoms with E-state index < -0.39 is 0 Å². The van der Waals surface area contributed by atoms with Gasteiger partial charge in [0.05, 0.1) is 0 Å². The summed E-state index contributed by atoms with van der Waals surface area (Å²) >= 11 is 0. The molecule has 0 saturated carbocycles. The minimum Gasteiger partial charge on any atom is -0.399 e. The van der Waals surface area contributed by atoms with Crippen LogP contribution >= 0.6 is 0 Å². The zero-order chi connectivity index (χ0) is 14.8. The van der Waals surface area contributed by atoms with Crippen molar-refractivity contribution in [1.82, 2.24) is 9.55 Å². The van der Waals surface area contributed by atoms with Crippen molar-refractivity contribution >= 4 is 5.69 Å². The van der Waals surface area contributed by atoms with Gasteiger partial charge in [0.2, 0.25) is 0 Å². The number of nitrogen functional groups attached to an aromatic ring is 1. The summed E-state index contributed by atoms with van der Waals surface area (Å²) in [6.07, 6.45) is 6.23. The quantitative estimate of drug-likeness (QED) is 0.867. The second kappa shape index (κ2) is 5.65. The lowest BCUT2D eigenvalue weighted by atomic mass is 10.1. The first-order chi connectivity index (χ1) is 9.38. The van der Waals surface area contributed by atoms with Gasteiger partial charge in [0.25, 0.3) is 0 Å². The lowest BCUT2D eigenvalue weighted by molar-refractivity contribution is 0.381. The molecule has 1 aromatic heterocycles. The van der Waals surface area contributed by atoms with Gasteiger partial charge in [0, 0.05) is 30.0 Å². The molecule has 2 rings (SSSR count).